The number of hydrogen-bond donors (Lipinski definition) is 1. The van der Waals surface area contributed by atoms with Crippen LogP contribution in [0.25, 0.3) is 0 Å². The maximum absolute atomic E-state index is 14.6. The van der Waals surface area contributed by atoms with Crippen LogP contribution in [0.2, 0.25) is 0 Å². The third-order valence-corrected chi connectivity index (χ3v) is 8.21. The van der Waals surface area contributed by atoms with Gasteiger partial charge in [0.05, 0.1) is 0 Å². The van der Waals surface area contributed by atoms with Crippen molar-refractivity contribution in [1.82, 2.24) is 15.1 Å². The zero-order chi connectivity index (χ0) is 22.3. The van der Waals surface area contributed by atoms with E-state index in [1.807, 2.05) is 9.80 Å². The van der Waals surface area contributed by atoms with Gasteiger partial charge in [0, 0.05) is 54.7 Å². The number of halogens is 1. The molecule has 2 amide bonds. The summed E-state index contributed by atoms with van der Waals surface area (Å²) in [7, 11) is 0. The second-order valence-corrected chi connectivity index (χ2v) is 10.4. The van der Waals surface area contributed by atoms with Gasteiger partial charge in [0.1, 0.15) is 5.82 Å². The first kappa shape index (κ1) is 23.6. The molecule has 5 nitrogen and oxygen atoms in total. The fraction of sp³-hybridized carbons (Fsp3) is 0.680. The Balaban J connectivity index is 1.21. The van der Waals surface area contributed by atoms with Gasteiger partial charge in [0.2, 0.25) is 5.91 Å². The normalized spacial score (nSPS) is 21.2. The van der Waals surface area contributed by atoms with Gasteiger partial charge in [0.25, 0.3) is 5.91 Å². The van der Waals surface area contributed by atoms with Gasteiger partial charge >= 0.3 is 0 Å². The van der Waals surface area contributed by atoms with Crippen LogP contribution in [-0.2, 0) is 11.3 Å². The van der Waals surface area contributed by atoms with Crippen LogP contribution in [0, 0.1) is 5.82 Å². The summed E-state index contributed by atoms with van der Waals surface area (Å²) >= 11 is 1.55. The molecule has 0 radical (unpaired) electrons. The molecule has 1 aromatic carbocycles. The number of unbranched alkanes of at least 4 members (excludes halogenated alkanes) is 3. The van der Waals surface area contributed by atoms with Crippen LogP contribution in [-0.4, -0.2) is 59.6 Å². The van der Waals surface area contributed by atoms with Gasteiger partial charge in [-0.15, -0.1) is 11.8 Å². The van der Waals surface area contributed by atoms with Crippen molar-refractivity contribution in [3.63, 3.8) is 0 Å². The minimum Gasteiger partial charge on any atom is -0.343 e. The summed E-state index contributed by atoms with van der Waals surface area (Å²) in [5, 5.41) is 3.37. The first-order valence-corrected chi connectivity index (χ1v) is 13.4. The number of piperidine rings is 2. The minimum atomic E-state index is -0.211. The molecular formula is C25H36FN3O2S. The molecule has 0 spiro atoms. The smallest absolute Gasteiger partial charge is 0.254 e. The molecule has 4 rings (SSSR count). The Morgan fingerprint density at radius 1 is 1.09 bits per heavy atom. The Morgan fingerprint density at radius 3 is 2.69 bits per heavy atom. The first-order valence-electron chi connectivity index (χ1n) is 12.4. The predicted molar refractivity (Wildman–Crippen MR) is 126 cm³/mol. The van der Waals surface area contributed by atoms with Crippen LogP contribution < -0.4 is 5.32 Å². The number of fused-ring (bicyclic) bond motifs is 1. The van der Waals surface area contributed by atoms with Crippen LogP contribution in [0.3, 0.4) is 0 Å². The SMILES string of the molecule is O=C(CCCCCCSc1c(F)ccc2c1CN(C1CCCNC1)C2=O)N1CCCCC1. The molecule has 1 N–H and O–H groups in total. The van der Waals surface area contributed by atoms with Gasteiger partial charge in [-0.2, -0.15) is 0 Å². The lowest BCUT2D eigenvalue weighted by Gasteiger charge is -2.31. The van der Waals surface area contributed by atoms with Crippen molar-refractivity contribution in [1.29, 1.82) is 0 Å². The average Bonchev–Trinajstić information content (AvgIpc) is 3.17. The standard InChI is InChI=1S/C25H36FN3O2S/c26-22-12-11-20-21(18-29(25(20)31)19-9-8-13-27-17-19)24(22)32-16-7-2-1-4-10-23(30)28-14-5-3-6-15-28/h11-12,19,27H,1-10,13-18H2. The van der Waals surface area contributed by atoms with Gasteiger partial charge in [0.15, 0.2) is 0 Å². The zero-order valence-corrected chi connectivity index (χ0v) is 19.9. The molecular weight excluding hydrogens is 425 g/mol. The van der Waals surface area contributed by atoms with E-state index in [1.54, 1.807) is 17.8 Å². The number of rotatable bonds is 9. The van der Waals surface area contributed by atoms with Gasteiger partial charge in [-0.3, -0.25) is 9.59 Å². The molecule has 1 atom stereocenters. The third-order valence-electron chi connectivity index (χ3n) is 6.98. The van der Waals surface area contributed by atoms with E-state index in [1.165, 1.54) is 12.5 Å². The summed E-state index contributed by atoms with van der Waals surface area (Å²) in [4.78, 5) is 29.7. The maximum atomic E-state index is 14.6. The van der Waals surface area contributed by atoms with Gasteiger partial charge < -0.3 is 15.1 Å². The topological polar surface area (TPSA) is 52.7 Å². The Labute approximate surface area is 195 Å². The summed E-state index contributed by atoms with van der Waals surface area (Å²) in [6, 6.07) is 3.32. The molecule has 1 unspecified atom stereocenters. The highest BCUT2D eigenvalue weighted by Gasteiger charge is 2.35. The molecule has 0 aliphatic carbocycles. The molecule has 7 heteroatoms. The number of likely N-dealkylation sites (tertiary alicyclic amines) is 1. The zero-order valence-electron chi connectivity index (χ0n) is 19.0. The number of thioether (sulfide) groups is 1. The van der Waals surface area contributed by atoms with Crippen LogP contribution in [0.5, 0.6) is 0 Å². The lowest BCUT2D eigenvalue weighted by Crippen LogP contribution is -2.46. The van der Waals surface area contributed by atoms with Crippen LogP contribution >= 0.6 is 11.8 Å². The van der Waals surface area contributed by atoms with Crippen molar-refractivity contribution in [3.8, 4) is 0 Å². The molecule has 0 aromatic heterocycles. The molecule has 3 aliphatic heterocycles. The molecule has 1 aromatic rings. The van der Waals surface area contributed by atoms with Crippen LogP contribution in [0.4, 0.5) is 4.39 Å². The Hall–Kier alpha value is -1.60. The van der Waals surface area contributed by atoms with Crippen molar-refractivity contribution in [3.05, 3.63) is 29.1 Å². The molecule has 2 fully saturated rings. The summed E-state index contributed by atoms with van der Waals surface area (Å²) in [6.45, 7) is 4.22. The quantitative estimate of drug-likeness (QED) is 0.432. The van der Waals surface area contributed by atoms with Gasteiger partial charge in [-0.05, 0) is 69.4 Å². The van der Waals surface area contributed by atoms with Gasteiger partial charge in [-0.25, -0.2) is 4.39 Å². The van der Waals surface area contributed by atoms with E-state index in [0.29, 0.717) is 29.3 Å². The number of amides is 2. The van der Waals surface area contributed by atoms with E-state index in [-0.39, 0.29) is 17.8 Å². The molecule has 32 heavy (non-hydrogen) atoms. The van der Waals surface area contributed by atoms with Crippen LogP contribution in [0.15, 0.2) is 17.0 Å². The van der Waals surface area contributed by atoms with E-state index in [4.69, 9.17) is 0 Å². The van der Waals surface area contributed by atoms with Crippen molar-refractivity contribution in [2.45, 2.75) is 81.7 Å². The number of nitrogens with zero attached hydrogens (tertiary/aromatic N) is 2. The monoisotopic (exact) mass is 461 g/mol. The van der Waals surface area contributed by atoms with E-state index in [9.17, 15) is 14.0 Å². The van der Waals surface area contributed by atoms with Crippen LogP contribution in [0.1, 0.15) is 80.1 Å². The Kier molecular flexibility index (Phi) is 8.47. The summed E-state index contributed by atoms with van der Waals surface area (Å²) in [6.07, 6.45) is 10.3. The lowest BCUT2D eigenvalue weighted by atomic mass is 10.1. The number of nitrogens with one attached hydrogen (secondary N) is 1. The highest BCUT2D eigenvalue weighted by atomic mass is 32.2. The number of carbonyl (C=O) groups excluding carboxylic acids is 2. The van der Waals surface area contributed by atoms with Crippen molar-refractivity contribution >= 4 is 23.6 Å². The highest BCUT2D eigenvalue weighted by molar-refractivity contribution is 7.99. The molecule has 176 valence electrons. The van der Waals surface area contributed by atoms with Gasteiger partial charge in [-0.1, -0.05) is 12.8 Å². The fourth-order valence-electron chi connectivity index (χ4n) is 5.11. The molecule has 2 saturated heterocycles. The van der Waals surface area contributed by atoms with Crippen molar-refractivity contribution in [2.75, 3.05) is 31.9 Å². The fourth-order valence-corrected chi connectivity index (χ4v) is 6.22. The second-order valence-electron chi connectivity index (χ2n) is 9.29. The Morgan fingerprint density at radius 2 is 1.91 bits per heavy atom. The van der Waals surface area contributed by atoms with E-state index in [2.05, 4.69) is 5.32 Å². The van der Waals surface area contributed by atoms with E-state index >= 15 is 0 Å². The van der Waals surface area contributed by atoms with E-state index < -0.39 is 0 Å². The highest BCUT2D eigenvalue weighted by Crippen LogP contribution is 2.36. The first-order chi connectivity index (χ1) is 15.6. The molecule has 0 saturated carbocycles. The van der Waals surface area contributed by atoms with E-state index in [0.717, 1.165) is 88.9 Å². The Bertz CT molecular complexity index is 807. The third kappa shape index (κ3) is 5.66. The second kappa shape index (κ2) is 11.5. The largest absolute Gasteiger partial charge is 0.343 e. The lowest BCUT2D eigenvalue weighted by molar-refractivity contribution is -0.132. The minimum absolute atomic E-state index is 0.0499. The summed E-state index contributed by atoms with van der Waals surface area (Å²) in [5.41, 5.74) is 1.55. The molecule has 3 heterocycles. The number of benzene rings is 1. The van der Waals surface area contributed by atoms with Crippen molar-refractivity contribution < 1.29 is 14.0 Å². The summed E-state index contributed by atoms with van der Waals surface area (Å²) < 4.78 is 14.6. The summed E-state index contributed by atoms with van der Waals surface area (Å²) in [5.74, 6) is 0.988. The van der Waals surface area contributed by atoms with Crippen molar-refractivity contribution in [2.24, 2.45) is 0 Å². The number of carbonyl (C=O) groups is 2. The average molecular weight is 462 g/mol. The molecule has 0 bridgehead atoms. The maximum Gasteiger partial charge on any atom is 0.254 e. The number of hydrogen-bond acceptors (Lipinski definition) is 4. The predicted octanol–water partition coefficient (Wildman–Crippen LogP) is 4.59. The molecule has 3 aliphatic rings.